The quantitative estimate of drug-likeness (QED) is 0.465. The molecular weight excluding hydrogens is 282 g/mol. The Morgan fingerprint density at radius 3 is 2.29 bits per heavy atom. The van der Waals surface area contributed by atoms with Gasteiger partial charge >= 0.3 is 5.97 Å². The molecule has 1 N–H and O–H groups in total. The maximum atomic E-state index is 12.0. The van der Waals surface area contributed by atoms with Gasteiger partial charge in [0.05, 0.1) is 12.0 Å². The van der Waals surface area contributed by atoms with Crippen molar-refractivity contribution in [3.8, 4) is 0 Å². The monoisotopic (exact) mass is 319 g/mol. The number of carbonyl (C=O) groups is 1. The Balaban J connectivity index is 4.35. The Bertz CT molecular complexity index is 305. The van der Waals surface area contributed by atoms with Crippen molar-refractivity contribution in [2.45, 2.75) is 59.6 Å². The summed E-state index contributed by atoms with van der Waals surface area (Å²) in [6.45, 7) is 14.6. The summed E-state index contributed by atoms with van der Waals surface area (Å²) in [6, 6.07) is 0. The highest BCUT2D eigenvalue weighted by Crippen LogP contribution is 2.52. The van der Waals surface area contributed by atoms with Crippen LogP contribution in [0.1, 0.15) is 54.4 Å². The van der Waals surface area contributed by atoms with E-state index in [1.54, 1.807) is 0 Å². The lowest BCUT2D eigenvalue weighted by molar-refractivity contribution is -0.154. The van der Waals surface area contributed by atoms with Crippen molar-refractivity contribution in [2.24, 2.45) is 5.41 Å². The van der Waals surface area contributed by atoms with Crippen molar-refractivity contribution in [3.63, 3.8) is 0 Å². The fourth-order valence-corrected chi connectivity index (χ4v) is 6.05. The Morgan fingerprint density at radius 1 is 1.24 bits per heavy atom. The third-order valence-electron chi connectivity index (χ3n) is 4.70. The van der Waals surface area contributed by atoms with Gasteiger partial charge in [0.1, 0.15) is 0 Å². The van der Waals surface area contributed by atoms with E-state index in [1.807, 2.05) is 27.8 Å². The van der Waals surface area contributed by atoms with Crippen molar-refractivity contribution >= 4 is 16.0 Å². The lowest BCUT2D eigenvalue weighted by Crippen LogP contribution is -2.29. The van der Waals surface area contributed by atoms with Crippen molar-refractivity contribution in [1.82, 2.24) is 5.32 Å². The molecule has 0 fully saturated rings. The second-order valence-electron chi connectivity index (χ2n) is 6.69. The highest BCUT2D eigenvalue weighted by Gasteiger charge is 2.28. The van der Waals surface area contributed by atoms with Gasteiger partial charge in [0.15, 0.2) is 0 Å². The predicted molar refractivity (Wildman–Crippen MR) is 96.6 cm³/mol. The van der Waals surface area contributed by atoms with Crippen molar-refractivity contribution in [1.29, 1.82) is 0 Å². The summed E-state index contributed by atoms with van der Waals surface area (Å²) >= 11 is 0. The molecule has 0 aromatic heterocycles. The number of nitrogens with one attached hydrogen (secondary N) is 1. The fourth-order valence-electron chi connectivity index (χ4n) is 2.35. The molecule has 0 aromatic carbocycles. The zero-order chi connectivity index (χ0) is 16.5. The molecule has 0 rings (SSSR count). The Kier molecular flexibility index (Phi) is 9.63. The van der Waals surface area contributed by atoms with Crippen LogP contribution in [0.2, 0.25) is 0 Å². The third-order valence-corrected chi connectivity index (χ3v) is 9.97. The van der Waals surface area contributed by atoms with Crippen LogP contribution >= 0.6 is 10.0 Å². The molecule has 0 saturated carbocycles. The van der Waals surface area contributed by atoms with E-state index in [2.05, 4.69) is 26.1 Å². The van der Waals surface area contributed by atoms with Gasteiger partial charge in [0.2, 0.25) is 0 Å². The van der Waals surface area contributed by atoms with Crippen molar-refractivity contribution in [2.75, 3.05) is 37.5 Å². The molecule has 0 bridgehead atoms. The summed E-state index contributed by atoms with van der Waals surface area (Å²) in [5.41, 5.74) is -0.348. The summed E-state index contributed by atoms with van der Waals surface area (Å²) in [4.78, 5) is 12.0. The van der Waals surface area contributed by atoms with E-state index >= 15 is 0 Å². The van der Waals surface area contributed by atoms with E-state index in [-0.39, 0.29) is 11.4 Å². The van der Waals surface area contributed by atoms with Gasteiger partial charge in [-0.25, -0.2) is 10.0 Å². The molecule has 0 amide bonds. The molecule has 3 nitrogen and oxygen atoms in total. The SMILES string of the molecule is CCC(C)(C)C(=O)OCCCS(CC)(CCNC)C(C)C. The first-order chi connectivity index (χ1) is 9.75. The average Bonchev–Trinajstić information content (AvgIpc) is 2.46. The van der Waals surface area contributed by atoms with Gasteiger partial charge in [-0.3, -0.25) is 4.79 Å². The van der Waals surface area contributed by atoms with Gasteiger partial charge in [0.25, 0.3) is 0 Å². The molecule has 128 valence electrons. The second kappa shape index (κ2) is 9.73. The molecule has 4 heteroatoms. The summed E-state index contributed by atoms with van der Waals surface area (Å²) in [5.74, 6) is 3.69. The van der Waals surface area contributed by atoms with Crippen LogP contribution in [-0.4, -0.2) is 48.7 Å². The number of hydrogen-bond acceptors (Lipinski definition) is 3. The van der Waals surface area contributed by atoms with E-state index in [0.717, 1.165) is 24.6 Å². The summed E-state index contributed by atoms with van der Waals surface area (Å²) in [7, 11) is 1.42. The maximum Gasteiger partial charge on any atom is 0.311 e. The topological polar surface area (TPSA) is 38.3 Å². The molecule has 0 aliphatic heterocycles. The number of hydrogen-bond donors (Lipinski definition) is 1. The Hall–Kier alpha value is -0.220. The highest BCUT2D eigenvalue weighted by atomic mass is 32.3. The maximum absolute atomic E-state index is 12.0. The minimum absolute atomic E-state index is 0.0538. The van der Waals surface area contributed by atoms with E-state index in [9.17, 15) is 4.79 Å². The molecule has 21 heavy (non-hydrogen) atoms. The molecular formula is C17H37NO2S. The molecule has 0 aliphatic carbocycles. The standard InChI is InChI=1S/C17H37NO2S/c1-8-17(5,6)16(19)20-12-10-13-21(9-2,15(3)4)14-11-18-7/h15,18H,8-14H2,1-7H3. The summed E-state index contributed by atoms with van der Waals surface area (Å²) < 4.78 is 5.48. The first-order valence-electron chi connectivity index (χ1n) is 8.32. The van der Waals surface area contributed by atoms with Crippen LogP contribution in [0.4, 0.5) is 0 Å². The van der Waals surface area contributed by atoms with Gasteiger partial charge in [-0.15, -0.1) is 0 Å². The lowest BCUT2D eigenvalue weighted by atomic mass is 9.91. The van der Waals surface area contributed by atoms with Gasteiger partial charge in [-0.05, 0) is 56.2 Å². The fraction of sp³-hybridized carbons (Fsp3) is 0.941. The van der Waals surface area contributed by atoms with Crippen LogP contribution in [0.3, 0.4) is 0 Å². The molecule has 0 radical (unpaired) electrons. The average molecular weight is 320 g/mol. The van der Waals surface area contributed by atoms with Gasteiger partial charge in [0, 0.05) is 6.54 Å². The predicted octanol–water partition coefficient (Wildman–Crippen LogP) is 3.81. The normalized spacial score (nSPS) is 16.6. The van der Waals surface area contributed by atoms with Crippen molar-refractivity contribution in [3.05, 3.63) is 0 Å². The molecule has 0 heterocycles. The Morgan fingerprint density at radius 2 is 1.86 bits per heavy atom. The molecule has 0 aliphatic rings. The van der Waals surface area contributed by atoms with Crippen LogP contribution in [-0.2, 0) is 9.53 Å². The van der Waals surface area contributed by atoms with E-state index in [0.29, 0.717) is 6.61 Å². The molecule has 1 atom stereocenters. The Labute approximate surface area is 133 Å². The van der Waals surface area contributed by atoms with E-state index in [1.165, 1.54) is 17.3 Å². The summed E-state index contributed by atoms with van der Waals surface area (Å²) in [5, 5.41) is 4.02. The van der Waals surface area contributed by atoms with Gasteiger partial charge in [-0.2, -0.15) is 0 Å². The number of esters is 1. The molecule has 1 unspecified atom stereocenters. The zero-order valence-electron chi connectivity index (χ0n) is 15.3. The number of rotatable bonds is 11. The molecule has 0 spiro atoms. The van der Waals surface area contributed by atoms with Crippen LogP contribution in [0, 0.1) is 5.41 Å². The van der Waals surface area contributed by atoms with Crippen LogP contribution < -0.4 is 5.32 Å². The zero-order valence-corrected chi connectivity index (χ0v) is 16.1. The van der Waals surface area contributed by atoms with E-state index < -0.39 is 10.0 Å². The lowest BCUT2D eigenvalue weighted by Gasteiger charge is -2.43. The minimum Gasteiger partial charge on any atom is -0.465 e. The van der Waals surface area contributed by atoms with Crippen LogP contribution in [0.15, 0.2) is 0 Å². The van der Waals surface area contributed by atoms with Gasteiger partial charge in [-0.1, -0.05) is 27.7 Å². The van der Waals surface area contributed by atoms with Crippen LogP contribution in [0.5, 0.6) is 0 Å². The molecule has 0 saturated heterocycles. The van der Waals surface area contributed by atoms with Gasteiger partial charge < -0.3 is 10.1 Å². The second-order valence-corrected chi connectivity index (χ2v) is 11.2. The largest absolute Gasteiger partial charge is 0.465 e. The van der Waals surface area contributed by atoms with Crippen molar-refractivity contribution < 1.29 is 9.53 Å². The smallest absolute Gasteiger partial charge is 0.311 e. The van der Waals surface area contributed by atoms with Crippen LogP contribution in [0.25, 0.3) is 0 Å². The number of carbonyl (C=O) groups excluding carboxylic acids is 1. The minimum atomic E-state index is -0.606. The number of ether oxygens (including phenoxy) is 1. The summed E-state index contributed by atoms with van der Waals surface area (Å²) in [6.07, 6.45) is 1.82. The highest BCUT2D eigenvalue weighted by molar-refractivity contribution is 8.34. The first-order valence-corrected chi connectivity index (χ1v) is 10.5. The van der Waals surface area contributed by atoms with E-state index in [4.69, 9.17) is 4.74 Å². The third kappa shape index (κ3) is 6.60. The molecule has 0 aromatic rings. The first kappa shape index (κ1) is 20.8.